The molecule has 1 aromatic carbocycles. The Kier molecular flexibility index (Phi) is 9.01. The van der Waals surface area contributed by atoms with Gasteiger partial charge in [0.15, 0.2) is 5.76 Å². The highest BCUT2D eigenvalue weighted by atomic mass is 16.3. The number of nitrogens with zero attached hydrogens (tertiary/aromatic N) is 2. The number of hydrogen-bond donors (Lipinski definition) is 1. The second-order valence-corrected chi connectivity index (χ2v) is 7.98. The molecule has 3 rings (SSSR count). The highest BCUT2D eigenvalue weighted by molar-refractivity contribution is 5.91. The average molecular weight is 410 g/mol. The zero-order valence-electron chi connectivity index (χ0n) is 18.2. The predicted molar refractivity (Wildman–Crippen MR) is 122 cm³/mol. The van der Waals surface area contributed by atoms with Crippen LogP contribution in [0.3, 0.4) is 0 Å². The van der Waals surface area contributed by atoms with Crippen LogP contribution in [0.25, 0.3) is 11.0 Å². The molecule has 0 atom stereocenters. The summed E-state index contributed by atoms with van der Waals surface area (Å²) in [5.74, 6) is 1.20. The normalized spacial score (nSPS) is 11.2. The van der Waals surface area contributed by atoms with Crippen LogP contribution in [0.15, 0.2) is 47.1 Å². The van der Waals surface area contributed by atoms with E-state index >= 15 is 0 Å². The summed E-state index contributed by atoms with van der Waals surface area (Å²) in [4.78, 5) is 16.9. The van der Waals surface area contributed by atoms with Gasteiger partial charge in [-0.3, -0.25) is 4.79 Å². The summed E-state index contributed by atoms with van der Waals surface area (Å²) >= 11 is 0. The van der Waals surface area contributed by atoms with Crippen LogP contribution < -0.4 is 5.32 Å². The van der Waals surface area contributed by atoms with Gasteiger partial charge in [-0.05, 0) is 30.7 Å². The van der Waals surface area contributed by atoms with Crippen LogP contribution in [0.2, 0.25) is 0 Å². The second kappa shape index (κ2) is 12.2. The first-order chi connectivity index (χ1) is 14.8. The summed E-state index contributed by atoms with van der Waals surface area (Å²) in [5, 5.41) is 2.92. The number of carbonyl (C=O) groups is 1. The maximum atomic E-state index is 12.1. The van der Waals surface area contributed by atoms with E-state index in [1.54, 1.807) is 12.1 Å². The summed E-state index contributed by atoms with van der Waals surface area (Å²) in [6.45, 7) is 3.79. The van der Waals surface area contributed by atoms with Crippen molar-refractivity contribution in [3.63, 3.8) is 0 Å². The van der Waals surface area contributed by atoms with Gasteiger partial charge in [-0.15, -0.1) is 0 Å². The first-order valence-corrected chi connectivity index (χ1v) is 11.6. The number of fused-ring (bicyclic) bond motifs is 1. The summed E-state index contributed by atoms with van der Waals surface area (Å²) in [5.41, 5.74) is 2.21. The number of rotatable bonds is 14. The Morgan fingerprint density at radius 3 is 2.43 bits per heavy atom. The first kappa shape index (κ1) is 22.1. The van der Waals surface area contributed by atoms with Crippen LogP contribution in [-0.4, -0.2) is 22.0 Å². The number of aryl methyl sites for hydroxylation is 1. The van der Waals surface area contributed by atoms with Gasteiger partial charge in [0.2, 0.25) is 0 Å². The molecule has 0 saturated heterocycles. The number of hydrogen-bond acceptors (Lipinski definition) is 3. The highest BCUT2D eigenvalue weighted by Gasteiger charge is 2.12. The largest absolute Gasteiger partial charge is 0.459 e. The van der Waals surface area contributed by atoms with Crippen molar-refractivity contribution in [2.45, 2.75) is 77.7 Å². The maximum Gasteiger partial charge on any atom is 0.286 e. The lowest BCUT2D eigenvalue weighted by molar-refractivity contribution is 0.0926. The van der Waals surface area contributed by atoms with E-state index in [-0.39, 0.29) is 5.91 Å². The smallest absolute Gasteiger partial charge is 0.286 e. The monoisotopic (exact) mass is 409 g/mol. The molecule has 30 heavy (non-hydrogen) atoms. The highest BCUT2D eigenvalue weighted by Crippen LogP contribution is 2.18. The van der Waals surface area contributed by atoms with E-state index in [4.69, 9.17) is 9.40 Å². The van der Waals surface area contributed by atoms with Gasteiger partial charge in [0.25, 0.3) is 5.91 Å². The van der Waals surface area contributed by atoms with Crippen LogP contribution in [0.4, 0.5) is 0 Å². The Morgan fingerprint density at radius 1 is 0.967 bits per heavy atom. The molecule has 0 bridgehead atoms. The lowest BCUT2D eigenvalue weighted by Gasteiger charge is -2.10. The van der Waals surface area contributed by atoms with Crippen molar-refractivity contribution >= 4 is 16.9 Å². The SMILES string of the molecule is CCCCCCCCCCCn1c(CCNC(=O)c2ccco2)nc2ccccc21. The Bertz CT molecular complexity index is 883. The summed E-state index contributed by atoms with van der Waals surface area (Å²) in [7, 11) is 0. The summed E-state index contributed by atoms with van der Waals surface area (Å²) < 4.78 is 7.48. The van der Waals surface area contributed by atoms with Gasteiger partial charge in [0.05, 0.1) is 17.3 Å². The third-order valence-corrected chi connectivity index (χ3v) is 5.60. The van der Waals surface area contributed by atoms with Crippen LogP contribution >= 0.6 is 0 Å². The molecule has 0 unspecified atom stereocenters. The molecule has 0 fully saturated rings. The molecule has 0 aliphatic carbocycles. The molecule has 0 aliphatic rings. The van der Waals surface area contributed by atoms with Crippen molar-refractivity contribution in [3.05, 3.63) is 54.2 Å². The minimum atomic E-state index is -0.179. The molecule has 0 saturated carbocycles. The Morgan fingerprint density at radius 2 is 1.70 bits per heavy atom. The maximum absolute atomic E-state index is 12.1. The number of carbonyl (C=O) groups excluding carboxylic acids is 1. The zero-order chi connectivity index (χ0) is 21.0. The molecule has 5 heteroatoms. The molecule has 0 radical (unpaired) electrons. The predicted octanol–water partition coefficient (Wildman–Crippen LogP) is 6.13. The standard InChI is InChI=1S/C25H35N3O2/c1-2-3-4-5-6-7-8-9-12-19-28-22-15-11-10-14-21(22)27-24(28)17-18-26-25(29)23-16-13-20-30-23/h10-11,13-16,20H,2-9,12,17-19H2,1H3,(H,26,29). The van der Waals surface area contributed by atoms with Gasteiger partial charge >= 0.3 is 0 Å². The van der Waals surface area contributed by atoms with Gasteiger partial charge in [-0.2, -0.15) is 0 Å². The van der Waals surface area contributed by atoms with E-state index < -0.39 is 0 Å². The van der Waals surface area contributed by atoms with Crippen molar-refractivity contribution < 1.29 is 9.21 Å². The van der Waals surface area contributed by atoms with Gasteiger partial charge in [-0.1, -0.05) is 70.4 Å². The number of amides is 1. The topological polar surface area (TPSA) is 60.1 Å². The van der Waals surface area contributed by atoms with E-state index in [0.29, 0.717) is 18.7 Å². The van der Waals surface area contributed by atoms with E-state index in [1.165, 1.54) is 69.6 Å². The molecule has 2 aromatic heterocycles. The summed E-state index contributed by atoms with van der Waals surface area (Å²) in [6, 6.07) is 11.7. The third-order valence-electron chi connectivity index (χ3n) is 5.60. The van der Waals surface area contributed by atoms with Gasteiger partial charge in [0, 0.05) is 19.5 Å². The Hall–Kier alpha value is -2.56. The minimum absolute atomic E-state index is 0.179. The van der Waals surface area contributed by atoms with Crippen molar-refractivity contribution in [1.82, 2.24) is 14.9 Å². The molecule has 1 amide bonds. The van der Waals surface area contributed by atoms with Gasteiger partial charge in [-0.25, -0.2) is 4.98 Å². The number of imidazole rings is 1. The van der Waals surface area contributed by atoms with E-state index in [0.717, 1.165) is 17.9 Å². The van der Waals surface area contributed by atoms with Crippen molar-refractivity contribution in [2.24, 2.45) is 0 Å². The van der Waals surface area contributed by atoms with Crippen LogP contribution in [0.1, 0.15) is 81.1 Å². The third kappa shape index (κ3) is 6.48. The molecule has 3 aromatic rings. The van der Waals surface area contributed by atoms with E-state index in [2.05, 4.69) is 35.0 Å². The van der Waals surface area contributed by atoms with E-state index in [1.807, 2.05) is 6.07 Å². The molecule has 2 heterocycles. The number of aromatic nitrogens is 2. The number of benzene rings is 1. The Labute approximate surface area is 179 Å². The van der Waals surface area contributed by atoms with E-state index in [9.17, 15) is 4.79 Å². The van der Waals surface area contributed by atoms with Gasteiger partial charge in [0.1, 0.15) is 5.82 Å². The average Bonchev–Trinajstić information content (AvgIpc) is 3.41. The molecule has 1 N–H and O–H groups in total. The molecular formula is C25H35N3O2. The fraction of sp³-hybridized carbons (Fsp3) is 0.520. The van der Waals surface area contributed by atoms with Crippen molar-refractivity contribution in [2.75, 3.05) is 6.54 Å². The van der Waals surface area contributed by atoms with Gasteiger partial charge < -0.3 is 14.3 Å². The van der Waals surface area contributed by atoms with Crippen molar-refractivity contribution in [1.29, 1.82) is 0 Å². The number of para-hydroxylation sites is 2. The molecule has 162 valence electrons. The second-order valence-electron chi connectivity index (χ2n) is 7.98. The lowest BCUT2D eigenvalue weighted by Crippen LogP contribution is -2.26. The Balaban J connectivity index is 1.47. The fourth-order valence-corrected chi connectivity index (χ4v) is 3.93. The molecule has 0 aliphatic heterocycles. The molecular weight excluding hydrogens is 374 g/mol. The fourth-order valence-electron chi connectivity index (χ4n) is 3.93. The van der Waals surface area contributed by atoms with Crippen LogP contribution in [0, 0.1) is 0 Å². The number of furan rings is 1. The minimum Gasteiger partial charge on any atom is -0.459 e. The molecule has 0 spiro atoms. The van der Waals surface area contributed by atoms with Crippen LogP contribution in [-0.2, 0) is 13.0 Å². The first-order valence-electron chi connectivity index (χ1n) is 11.6. The number of nitrogens with one attached hydrogen (secondary N) is 1. The number of unbranched alkanes of at least 4 members (excludes halogenated alkanes) is 8. The van der Waals surface area contributed by atoms with Crippen LogP contribution in [0.5, 0.6) is 0 Å². The van der Waals surface area contributed by atoms with Crippen molar-refractivity contribution in [3.8, 4) is 0 Å². The zero-order valence-corrected chi connectivity index (χ0v) is 18.2. The lowest BCUT2D eigenvalue weighted by atomic mass is 10.1. The molecule has 5 nitrogen and oxygen atoms in total. The quantitative estimate of drug-likeness (QED) is 0.326. The summed E-state index contributed by atoms with van der Waals surface area (Å²) in [6.07, 6.45) is 14.1.